The molecule has 5 rings (SSSR count). The van der Waals surface area contributed by atoms with E-state index in [4.69, 9.17) is 21.3 Å². The second-order valence-corrected chi connectivity index (χ2v) is 8.73. The lowest BCUT2D eigenvalue weighted by Crippen LogP contribution is -2.24. The highest BCUT2D eigenvalue weighted by Gasteiger charge is 2.27. The summed E-state index contributed by atoms with van der Waals surface area (Å²) in [6.07, 6.45) is 0.284. The van der Waals surface area contributed by atoms with Crippen LogP contribution in [-0.4, -0.2) is 32.7 Å². The first-order valence-electron chi connectivity index (χ1n) is 11.2. The number of nitrogens with zero attached hydrogens (tertiary/aromatic N) is 5. The molecule has 3 aromatic rings. The molecule has 1 atom stereocenters. The fourth-order valence-corrected chi connectivity index (χ4v) is 4.09. The fraction of sp³-hybridized carbons (Fsp3) is 0.333. The minimum atomic E-state index is -2.80. The van der Waals surface area contributed by atoms with Gasteiger partial charge in [-0.3, -0.25) is 4.99 Å². The van der Waals surface area contributed by atoms with Crippen molar-refractivity contribution in [3.05, 3.63) is 64.9 Å². The van der Waals surface area contributed by atoms with E-state index in [9.17, 15) is 13.2 Å². The number of fused-ring (bicyclic) bond motifs is 5. The summed E-state index contributed by atoms with van der Waals surface area (Å²) in [4.78, 5) is 9.02. The smallest absolute Gasteiger partial charge is 0.282 e. The molecule has 1 aliphatic heterocycles. The predicted octanol–water partition coefficient (Wildman–Crippen LogP) is 4.14. The lowest BCUT2D eigenvalue weighted by Gasteiger charge is -2.22. The number of hydrogen-bond acceptors (Lipinski definition) is 7. The van der Waals surface area contributed by atoms with Gasteiger partial charge in [0.1, 0.15) is 17.6 Å². The second-order valence-electron chi connectivity index (χ2n) is 8.73. The normalized spacial score (nSPS) is 20.2. The maximum absolute atomic E-state index is 14.3. The Bertz CT molecular complexity index is 1330. The van der Waals surface area contributed by atoms with E-state index >= 15 is 0 Å². The molecule has 1 aromatic carbocycles. The Hall–Kier alpha value is -3.89. The number of rotatable bonds is 3. The Labute approximate surface area is 199 Å². The predicted molar refractivity (Wildman–Crippen MR) is 126 cm³/mol. The average molecular weight is 483 g/mol. The Morgan fingerprint density at radius 1 is 1.23 bits per heavy atom. The molecule has 182 valence electrons. The van der Waals surface area contributed by atoms with Crippen LogP contribution in [0, 0.1) is 11.7 Å². The number of benzene rings is 1. The van der Waals surface area contributed by atoms with E-state index in [2.05, 4.69) is 15.2 Å². The van der Waals surface area contributed by atoms with Gasteiger partial charge < -0.3 is 16.3 Å². The largest absolute Gasteiger partial charge is 0.482 e. The molecule has 0 amide bonds. The summed E-state index contributed by atoms with van der Waals surface area (Å²) in [6.45, 7) is 2.29. The number of aliphatic imine (C=N–C) groups is 1. The third-order valence-electron chi connectivity index (χ3n) is 6.12. The van der Waals surface area contributed by atoms with Crippen molar-refractivity contribution >= 4 is 17.2 Å². The lowest BCUT2D eigenvalue weighted by molar-refractivity contribution is 0.145. The molecule has 0 saturated heterocycles. The number of halogens is 3. The molecule has 35 heavy (non-hydrogen) atoms. The highest BCUT2D eigenvalue weighted by atomic mass is 19.3. The van der Waals surface area contributed by atoms with Crippen molar-refractivity contribution in [3.63, 3.8) is 0 Å². The van der Waals surface area contributed by atoms with E-state index in [1.54, 1.807) is 19.2 Å². The van der Waals surface area contributed by atoms with Gasteiger partial charge in [0.05, 0.1) is 22.8 Å². The zero-order chi connectivity index (χ0) is 24.7. The van der Waals surface area contributed by atoms with Crippen molar-refractivity contribution < 1.29 is 17.9 Å². The van der Waals surface area contributed by atoms with E-state index in [-0.39, 0.29) is 18.0 Å². The van der Waals surface area contributed by atoms with Crippen LogP contribution in [0.25, 0.3) is 5.69 Å². The van der Waals surface area contributed by atoms with Gasteiger partial charge in [-0.1, -0.05) is 0 Å². The highest BCUT2D eigenvalue weighted by Crippen LogP contribution is 2.33. The van der Waals surface area contributed by atoms with Gasteiger partial charge in [-0.15, -0.1) is 0 Å². The van der Waals surface area contributed by atoms with Gasteiger partial charge in [0.2, 0.25) is 0 Å². The zero-order valence-electron chi connectivity index (χ0n) is 19.0. The van der Waals surface area contributed by atoms with Gasteiger partial charge in [0.25, 0.3) is 6.43 Å². The number of ether oxygens (including phenoxy) is 1. The molecule has 1 aliphatic carbocycles. The first-order valence-corrected chi connectivity index (χ1v) is 11.2. The zero-order valence-corrected chi connectivity index (χ0v) is 19.0. The van der Waals surface area contributed by atoms with Crippen LogP contribution in [0.15, 0.2) is 46.6 Å². The Morgan fingerprint density at radius 3 is 2.74 bits per heavy atom. The van der Waals surface area contributed by atoms with E-state index in [0.717, 1.165) is 12.8 Å². The molecule has 1 fully saturated rings. The van der Waals surface area contributed by atoms with Crippen molar-refractivity contribution in [1.82, 2.24) is 14.8 Å². The van der Waals surface area contributed by atoms with Crippen LogP contribution < -0.4 is 16.3 Å². The van der Waals surface area contributed by atoms with Gasteiger partial charge in [0, 0.05) is 30.3 Å². The second kappa shape index (κ2) is 9.05. The number of nitrogen functional groups attached to an aromatic ring is 1. The highest BCUT2D eigenvalue weighted by molar-refractivity contribution is 6.48. The number of aromatic nitrogens is 3. The molecule has 0 unspecified atom stereocenters. The summed E-state index contributed by atoms with van der Waals surface area (Å²) >= 11 is 0. The summed E-state index contributed by atoms with van der Waals surface area (Å²) in [5.74, 6) is 6.19. The van der Waals surface area contributed by atoms with E-state index in [1.807, 2.05) is 0 Å². The quantitative estimate of drug-likeness (QED) is 0.429. The monoisotopic (exact) mass is 483 g/mol. The molecule has 1 saturated carbocycles. The van der Waals surface area contributed by atoms with Gasteiger partial charge in [-0.05, 0) is 56.0 Å². The van der Waals surface area contributed by atoms with Crippen molar-refractivity contribution in [2.45, 2.75) is 38.7 Å². The van der Waals surface area contributed by atoms with Crippen molar-refractivity contribution in [2.24, 2.45) is 21.9 Å². The number of alkyl halides is 2. The molecular weight excluding hydrogens is 459 g/mol. The Kier molecular flexibility index (Phi) is 5.91. The van der Waals surface area contributed by atoms with E-state index < -0.39 is 24.0 Å². The molecule has 0 spiro atoms. The molecule has 3 heterocycles. The number of anilines is 1. The molecule has 2 aliphatic rings. The molecule has 11 heteroatoms. The number of hydrogen-bond donors (Lipinski definition) is 2. The van der Waals surface area contributed by atoms with Crippen molar-refractivity contribution in [3.8, 4) is 11.4 Å². The maximum atomic E-state index is 14.3. The first kappa shape index (κ1) is 22.9. The summed E-state index contributed by atoms with van der Waals surface area (Å²) < 4.78 is 49.1. The topological polar surface area (TPSA) is 117 Å². The van der Waals surface area contributed by atoms with Gasteiger partial charge in [0.15, 0.2) is 11.6 Å². The van der Waals surface area contributed by atoms with Gasteiger partial charge >= 0.3 is 0 Å². The average Bonchev–Trinajstić information content (AvgIpc) is 3.56. The first-order chi connectivity index (χ1) is 16.8. The minimum absolute atomic E-state index is 0.0610. The van der Waals surface area contributed by atoms with Crippen LogP contribution in [0.3, 0.4) is 0 Å². The summed E-state index contributed by atoms with van der Waals surface area (Å²) in [5, 5.41) is 8.09. The third kappa shape index (κ3) is 4.58. The molecule has 8 nitrogen and oxygen atoms in total. The molecule has 4 N–H and O–H groups in total. The third-order valence-corrected chi connectivity index (χ3v) is 6.12. The molecule has 2 bridgehead atoms. The lowest BCUT2D eigenvalue weighted by atomic mass is 10.0. The number of pyridine rings is 1. The minimum Gasteiger partial charge on any atom is -0.482 e. The SMILES string of the molecule is C[C@H]1Oc2cc(cnc2N)C(=NCC2CC2)C(=NN)Cc2cc(C(F)F)nn2-c2ccc(F)cc21. The molecule has 2 aromatic heterocycles. The van der Waals surface area contributed by atoms with Crippen molar-refractivity contribution in [1.29, 1.82) is 0 Å². The van der Waals surface area contributed by atoms with Crippen LogP contribution in [-0.2, 0) is 6.42 Å². The van der Waals surface area contributed by atoms with Crippen LogP contribution in [0.4, 0.5) is 19.0 Å². The van der Waals surface area contributed by atoms with Crippen LogP contribution >= 0.6 is 0 Å². The Morgan fingerprint density at radius 2 is 2.03 bits per heavy atom. The number of nitrogens with two attached hydrogens (primary N) is 2. The van der Waals surface area contributed by atoms with Crippen LogP contribution in [0.5, 0.6) is 5.75 Å². The summed E-state index contributed by atoms with van der Waals surface area (Å²) in [6, 6.07) is 6.99. The van der Waals surface area contributed by atoms with E-state index in [0.29, 0.717) is 46.4 Å². The maximum Gasteiger partial charge on any atom is 0.282 e. The van der Waals surface area contributed by atoms with Gasteiger partial charge in [-0.25, -0.2) is 22.8 Å². The standard InChI is InChI=1S/C24H24F3N7O/c1-12-17-7-15(25)4-5-20(17)34-16(9-19(33-34)23(26)27)8-18(32-29)22(30-10-13-2-3-13)14-6-21(35-12)24(28)31-11-14/h4-7,9,11-13,23H,2-3,8,10,29H2,1H3,(H2,28,31)/t12-/m1/s1. The summed E-state index contributed by atoms with van der Waals surface area (Å²) in [7, 11) is 0. The fourth-order valence-electron chi connectivity index (χ4n) is 4.09. The van der Waals surface area contributed by atoms with Crippen molar-refractivity contribution in [2.75, 3.05) is 12.3 Å². The van der Waals surface area contributed by atoms with E-state index in [1.165, 1.54) is 28.9 Å². The van der Waals surface area contributed by atoms with Gasteiger partial charge in [-0.2, -0.15) is 10.2 Å². The molecule has 0 radical (unpaired) electrons. The Balaban J connectivity index is 1.74. The summed E-state index contributed by atoms with van der Waals surface area (Å²) in [5.41, 5.74) is 8.26. The van der Waals surface area contributed by atoms with Crippen LogP contribution in [0.1, 0.15) is 54.8 Å². The molecular formula is C24H24F3N7O. The van der Waals surface area contributed by atoms with Crippen LogP contribution in [0.2, 0.25) is 0 Å². The number of hydrazone groups is 1.